The average Bonchev–Trinajstić information content (AvgIpc) is 2.87. The number of aryl methyl sites for hydroxylation is 1. The number of aromatic nitrogens is 3. The van der Waals surface area contributed by atoms with Crippen molar-refractivity contribution in [1.29, 1.82) is 0 Å². The van der Waals surface area contributed by atoms with E-state index in [-0.39, 0.29) is 11.6 Å². The minimum Gasteiger partial charge on any atom is -0.381 e. The second kappa shape index (κ2) is 10.0. The minimum atomic E-state index is -0.0593. The Morgan fingerprint density at radius 2 is 1.79 bits per heavy atom. The molecule has 2 fully saturated rings. The Morgan fingerprint density at radius 1 is 1.09 bits per heavy atom. The standard InChI is InChI=1S/C25H31BrN6O2/c1-3-30-10-12-31(13-11-30)19-6-4-18(5-7-19)28-25-27-17(2)21-16-22(26)24(33)32(23(21)29-25)20-8-14-34-15-9-20/h4-7,16,20H,3,8-15H2,1-2H3,(H,27,28,29). The van der Waals surface area contributed by atoms with E-state index in [9.17, 15) is 4.79 Å². The summed E-state index contributed by atoms with van der Waals surface area (Å²) in [4.78, 5) is 27.5. The lowest BCUT2D eigenvalue weighted by molar-refractivity contribution is 0.0696. The highest BCUT2D eigenvalue weighted by atomic mass is 79.9. The highest BCUT2D eigenvalue weighted by molar-refractivity contribution is 9.10. The molecule has 2 aromatic heterocycles. The van der Waals surface area contributed by atoms with Crippen LogP contribution < -0.4 is 15.8 Å². The summed E-state index contributed by atoms with van der Waals surface area (Å²) < 4.78 is 7.87. The Bertz CT molecular complexity index is 1210. The average molecular weight is 527 g/mol. The maximum atomic E-state index is 13.1. The van der Waals surface area contributed by atoms with Crippen molar-refractivity contribution in [1.82, 2.24) is 19.4 Å². The molecule has 4 heterocycles. The Labute approximate surface area is 208 Å². The van der Waals surface area contributed by atoms with E-state index < -0.39 is 0 Å². The first-order valence-corrected chi connectivity index (χ1v) is 12.8. The molecule has 5 rings (SSSR count). The Balaban J connectivity index is 1.42. The first-order valence-electron chi connectivity index (χ1n) is 12.0. The summed E-state index contributed by atoms with van der Waals surface area (Å²) in [6, 6.07) is 10.3. The zero-order valence-electron chi connectivity index (χ0n) is 19.8. The summed E-state index contributed by atoms with van der Waals surface area (Å²) in [7, 11) is 0. The summed E-state index contributed by atoms with van der Waals surface area (Å²) in [5.41, 5.74) is 3.60. The molecule has 0 spiro atoms. The van der Waals surface area contributed by atoms with E-state index in [1.165, 1.54) is 5.69 Å². The van der Waals surface area contributed by atoms with Gasteiger partial charge in [0.15, 0.2) is 0 Å². The number of likely N-dealkylation sites (N-methyl/N-ethyl adjacent to an activating group) is 1. The zero-order chi connectivity index (χ0) is 23.7. The fourth-order valence-electron chi connectivity index (χ4n) is 4.86. The second-order valence-corrected chi connectivity index (χ2v) is 9.83. The molecule has 0 saturated carbocycles. The van der Waals surface area contributed by atoms with Crippen LogP contribution in [0.4, 0.5) is 17.3 Å². The van der Waals surface area contributed by atoms with Crippen molar-refractivity contribution in [2.45, 2.75) is 32.7 Å². The number of rotatable bonds is 5. The van der Waals surface area contributed by atoms with Crippen molar-refractivity contribution in [2.75, 3.05) is 56.2 Å². The molecule has 2 aliphatic heterocycles. The molecule has 2 aliphatic rings. The van der Waals surface area contributed by atoms with Gasteiger partial charge in [-0.25, -0.2) is 4.98 Å². The van der Waals surface area contributed by atoms with Crippen LogP contribution in [-0.4, -0.2) is 65.4 Å². The molecular weight excluding hydrogens is 496 g/mol. The molecule has 34 heavy (non-hydrogen) atoms. The lowest BCUT2D eigenvalue weighted by Crippen LogP contribution is -2.46. The molecule has 0 radical (unpaired) electrons. The Morgan fingerprint density at radius 3 is 2.47 bits per heavy atom. The maximum absolute atomic E-state index is 13.1. The molecule has 3 aromatic rings. The zero-order valence-corrected chi connectivity index (χ0v) is 21.3. The van der Waals surface area contributed by atoms with Gasteiger partial charge < -0.3 is 19.9 Å². The molecule has 0 amide bonds. The second-order valence-electron chi connectivity index (χ2n) is 8.97. The number of nitrogens with one attached hydrogen (secondary N) is 1. The van der Waals surface area contributed by atoms with Gasteiger partial charge in [0.25, 0.3) is 5.56 Å². The molecule has 8 nitrogen and oxygen atoms in total. The molecule has 2 saturated heterocycles. The van der Waals surface area contributed by atoms with Crippen LogP contribution in [-0.2, 0) is 4.74 Å². The third-order valence-electron chi connectivity index (χ3n) is 6.90. The van der Waals surface area contributed by atoms with Crippen molar-refractivity contribution in [3.8, 4) is 0 Å². The van der Waals surface area contributed by atoms with Gasteiger partial charge >= 0.3 is 0 Å². The van der Waals surface area contributed by atoms with Gasteiger partial charge in [0, 0.05) is 62.2 Å². The number of nitrogens with zero attached hydrogens (tertiary/aromatic N) is 5. The quantitative estimate of drug-likeness (QED) is 0.536. The number of hydrogen-bond donors (Lipinski definition) is 1. The van der Waals surface area contributed by atoms with Crippen LogP contribution in [0.5, 0.6) is 0 Å². The lowest BCUT2D eigenvalue weighted by Gasteiger charge is -2.35. The van der Waals surface area contributed by atoms with Crippen LogP contribution in [0.2, 0.25) is 0 Å². The number of piperazine rings is 1. The predicted molar refractivity (Wildman–Crippen MR) is 139 cm³/mol. The summed E-state index contributed by atoms with van der Waals surface area (Å²) in [6.45, 7) is 10.9. The molecule has 0 aliphatic carbocycles. The van der Waals surface area contributed by atoms with Gasteiger partial charge in [0.1, 0.15) is 5.65 Å². The fourth-order valence-corrected chi connectivity index (χ4v) is 5.28. The fraction of sp³-hybridized carbons (Fsp3) is 0.480. The number of fused-ring (bicyclic) bond motifs is 1. The molecule has 0 atom stereocenters. The molecule has 1 aromatic carbocycles. The highest BCUT2D eigenvalue weighted by Crippen LogP contribution is 2.28. The SMILES string of the molecule is CCN1CCN(c2ccc(Nc3nc(C)c4cc(Br)c(=O)n(C5CCOCC5)c4n3)cc2)CC1. The van der Waals surface area contributed by atoms with Crippen molar-refractivity contribution in [2.24, 2.45) is 0 Å². The summed E-state index contributed by atoms with van der Waals surface area (Å²) >= 11 is 3.44. The first kappa shape index (κ1) is 23.3. The summed E-state index contributed by atoms with van der Waals surface area (Å²) in [5.74, 6) is 0.497. The van der Waals surface area contributed by atoms with Crippen molar-refractivity contribution in [3.63, 3.8) is 0 Å². The monoisotopic (exact) mass is 526 g/mol. The molecule has 1 N–H and O–H groups in total. The van der Waals surface area contributed by atoms with E-state index in [4.69, 9.17) is 9.72 Å². The van der Waals surface area contributed by atoms with E-state index in [1.807, 2.05) is 17.6 Å². The predicted octanol–water partition coefficient (Wildman–Crippen LogP) is 4.10. The number of benzene rings is 1. The summed E-state index contributed by atoms with van der Waals surface area (Å²) in [6.07, 6.45) is 1.59. The van der Waals surface area contributed by atoms with Gasteiger partial charge in [-0.05, 0) is 72.6 Å². The third-order valence-corrected chi connectivity index (χ3v) is 7.47. The molecule has 9 heteroatoms. The molecule has 0 bridgehead atoms. The van der Waals surface area contributed by atoms with Crippen LogP contribution in [0.15, 0.2) is 39.6 Å². The van der Waals surface area contributed by atoms with E-state index in [0.29, 0.717) is 29.3 Å². The lowest BCUT2D eigenvalue weighted by atomic mass is 10.1. The van der Waals surface area contributed by atoms with Crippen molar-refractivity contribution in [3.05, 3.63) is 50.9 Å². The van der Waals surface area contributed by atoms with E-state index in [2.05, 4.69) is 67.2 Å². The maximum Gasteiger partial charge on any atom is 0.266 e. The van der Waals surface area contributed by atoms with Crippen molar-refractivity contribution >= 4 is 44.3 Å². The first-order chi connectivity index (χ1) is 16.5. The van der Waals surface area contributed by atoms with E-state index in [0.717, 1.165) is 62.3 Å². The van der Waals surface area contributed by atoms with Crippen LogP contribution >= 0.6 is 15.9 Å². The number of halogens is 1. The van der Waals surface area contributed by atoms with Crippen LogP contribution in [0.3, 0.4) is 0 Å². The Hall–Kier alpha value is -2.49. The van der Waals surface area contributed by atoms with Crippen LogP contribution in [0.25, 0.3) is 11.0 Å². The van der Waals surface area contributed by atoms with Crippen LogP contribution in [0, 0.1) is 6.92 Å². The number of anilines is 3. The normalized spacial score (nSPS) is 17.9. The van der Waals surface area contributed by atoms with Gasteiger partial charge in [0.05, 0.1) is 10.2 Å². The van der Waals surface area contributed by atoms with Gasteiger partial charge in [0.2, 0.25) is 5.95 Å². The largest absolute Gasteiger partial charge is 0.381 e. The Kier molecular flexibility index (Phi) is 6.85. The van der Waals surface area contributed by atoms with Gasteiger partial charge in [-0.2, -0.15) is 4.98 Å². The third kappa shape index (κ3) is 4.69. The van der Waals surface area contributed by atoms with E-state index >= 15 is 0 Å². The molecular formula is C25H31BrN6O2. The number of pyridine rings is 1. The smallest absolute Gasteiger partial charge is 0.266 e. The number of ether oxygens (including phenoxy) is 1. The van der Waals surface area contributed by atoms with Crippen LogP contribution in [0.1, 0.15) is 31.5 Å². The highest BCUT2D eigenvalue weighted by Gasteiger charge is 2.22. The van der Waals surface area contributed by atoms with Gasteiger partial charge in [-0.3, -0.25) is 9.36 Å². The van der Waals surface area contributed by atoms with Gasteiger partial charge in [-0.15, -0.1) is 0 Å². The number of hydrogen-bond acceptors (Lipinski definition) is 7. The summed E-state index contributed by atoms with van der Waals surface area (Å²) in [5, 5.41) is 4.23. The minimum absolute atomic E-state index is 0.0593. The molecule has 180 valence electrons. The topological polar surface area (TPSA) is 75.5 Å². The van der Waals surface area contributed by atoms with Gasteiger partial charge in [-0.1, -0.05) is 6.92 Å². The molecule has 0 unspecified atom stereocenters. The van der Waals surface area contributed by atoms with Crippen molar-refractivity contribution < 1.29 is 4.74 Å². The van der Waals surface area contributed by atoms with E-state index in [1.54, 1.807) is 0 Å².